The van der Waals surface area contributed by atoms with Crippen molar-refractivity contribution in [2.24, 2.45) is 0 Å². The van der Waals surface area contributed by atoms with Gasteiger partial charge < -0.3 is 10.1 Å². The largest absolute Gasteiger partial charge is 0.497 e. The van der Waals surface area contributed by atoms with Crippen molar-refractivity contribution in [3.8, 4) is 5.75 Å². The van der Waals surface area contributed by atoms with Crippen molar-refractivity contribution >= 4 is 39.1 Å². The Balaban J connectivity index is 2.53. The van der Waals surface area contributed by atoms with Crippen LogP contribution in [0.2, 0.25) is 10.0 Å². The van der Waals surface area contributed by atoms with E-state index < -0.39 is 0 Å². The van der Waals surface area contributed by atoms with Crippen LogP contribution in [0.4, 0.5) is 0 Å². The normalized spacial score (nSPS) is 12.2. The maximum absolute atomic E-state index is 6.30. The third kappa shape index (κ3) is 3.12. The van der Waals surface area contributed by atoms with Crippen molar-refractivity contribution in [1.82, 2.24) is 5.32 Å². The van der Waals surface area contributed by atoms with Gasteiger partial charge in [-0.15, -0.1) is 0 Å². The molecule has 0 heterocycles. The van der Waals surface area contributed by atoms with Gasteiger partial charge in [0, 0.05) is 20.1 Å². The number of halogens is 3. The SMILES string of the molecule is CNC(c1ccc(OC)cc1Br)c1c(Cl)cccc1Cl. The summed E-state index contributed by atoms with van der Waals surface area (Å²) in [5, 5.41) is 4.53. The van der Waals surface area contributed by atoms with Crippen LogP contribution < -0.4 is 10.1 Å². The fraction of sp³-hybridized carbons (Fsp3) is 0.200. The first-order valence-electron chi connectivity index (χ1n) is 6.03. The lowest BCUT2D eigenvalue weighted by atomic mass is 9.98. The molecule has 106 valence electrons. The van der Waals surface area contributed by atoms with Gasteiger partial charge in [-0.2, -0.15) is 0 Å². The highest BCUT2D eigenvalue weighted by atomic mass is 79.9. The standard InChI is InChI=1S/C15H14BrCl2NO/c1-19-15(14-12(17)4-3-5-13(14)18)10-7-6-9(20-2)8-11(10)16/h3-8,15,19H,1-2H3. The van der Waals surface area contributed by atoms with Crippen molar-refractivity contribution < 1.29 is 4.74 Å². The van der Waals surface area contributed by atoms with E-state index in [9.17, 15) is 0 Å². The van der Waals surface area contributed by atoms with Crippen LogP contribution in [0.5, 0.6) is 5.75 Å². The average molecular weight is 375 g/mol. The lowest BCUT2D eigenvalue weighted by Gasteiger charge is -2.21. The van der Waals surface area contributed by atoms with E-state index in [1.807, 2.05) is 43.4 Å². The Morgan fingerprint density at radius 3 is 2.30 bits per heavy atom. The smallest absolute Gasteiger partial charge is 0.120 e. The molecule has 1 atom stereocenters. The van der Waals surface area contributed by atoms with E-state index in [1.54, 1.807) is 7.11 Å². The number of methoxy groups -OCH3 is 1. The summed E-state index contributed by atoms with van der Waals surface area (Å²) in [7, 11) is 3.52. The van der Waals surface area contributed by atoms with Gasteiger partial charge >= 0.3 is 0 Å². The molecule has 5 heteroatoms. The summed E-state index contributed by atoms with van der Waals surface area (Å²) in [4.78, 5) is 0. The summed E-state index contributed by atoms with van der Waals surface area (Å²) in [6.07, 6.45) is 0. The second-order valence-electron chi connectivity index (χ2n) is 4.24. The first kappa shape index (κ1) is 15.6. The molecule has 2 aromatic rings. The summed E-state index contributed by atoms with van der Waals surface area (Å²) < 4.78 is 6.15. The summed E-state index contributed by atoms with van der Waals surface area (Å²) in [6.45, 7) is 0. The zero-order chi connectivity index (χ0) is 14.7. The molecular formula is C15H14BrCl2NO. The molecule has 0 aromatic heterocycles. The highest BCUT2D eigenvalue weighted by Gasteiger charge is 2.20. The topological polar surface area (TPSA) is 21.3 Å². The van der Waals surface area contributed by atoms with Crippen LogP contribution in [0.1, 0.15) is 17.2 Å². The molecule has 2 aromatic carbocycles. The molecule has 0 amide bonds. The molecule has 0 radical (unpaired) electrons. The number of hydrogen-bond donors (Lipinski definition) is 1. The summed E-state index contributed by atoms with van der Waals surface area (Å²) in [6, 6.07) is 11.2. The fourth-order valence-electron chi connectivity index (χ4n) is 2.11. The Bertz CT molecular complexity index is 599. The van der Waals surface area contributed by atoms with E-state index in [-0.39, 0.29) is 6.04 Å². The second-order valence-corrected chi connectivity index (χ2v) is 5.91. The minimum Gasteiger partial charge on any atom is -0.497 e. The van der Waals surface area contributed by atoms with Crippen LogP contribution >= 0.6 is 39.1 Å². The quantitative estimate of drug-likeness (QED) is 0.806. The lowest BCUT2D eigenvalue weighted by Crippen LogP contribution is -2.19. The zero-order valence-corrected chi connectivity index (χ0v) is 14.2. The Hall–Kier alpha value is -0.740. The van der Waals surface area contributed by atoms with E-state index in [0.717, 1.165) is 21.3 Å². The van der Waals surface area contributed by atoms with Crippen molar-refractivity contribution in [2.45, 2.75) is 6.04 Å². The van der Waals surface area contributed by atoms with Crippen molar-refractivity contribution in [2.75, 3.05) is 14.2 Å². The Kier molecular flexibility index (Phi) is 5.33. The van der Waals surface area contributed by atoms with E-state index in [2.05, 4.69) is 21.2 Å². The van der Waals surface area contributed by atoms with Crippen LogP contribution in [0.3, 0.4) is 0 Å². The minimum absolute atomic E-state index is 0.100. The van der Waals surface area contributed by atoms with Gasteiger partial charge in [0.25, 0.3) is 0 Å². The van der Waals surface area contributed by atoms with Gasteiger partial charge in [0.1, 0.15) is 5.75 Å². The average Bonchev–Trinajstić information content (AvgIpc) is 2.43. The molecule has 0 fully saturated rings. The Labute approximate surface area is 137 Å². The molecule has 1 N–H and O–H groups in total. The van der Waals surface area contributed by atoms with Gasteiger partial charge in [-0.05, 0) is 36.9 Å². The van der Waals surface area contributed by atoms with Gasteiger partial charge in [-0.3, -0.25) is 0 Å². The van der Waals surface area contributed by atoms with E-state index in [4.69, 9.17) is 27.9 Å². The maximum Gasteiger partial charge on any atom is 0.120 e. The molecule has 0 aliphatic carbocycles. The monoisotopic (exact) mass is 373 g/mol. The molecule has 20 heavy (non-hydrogen) atoms. The van der Waals surface area contributed by atoms with E-state index in [1.165, 1.54) is 0 Å². The molecule has 0 aliphatic rings. The molecule has 0 saturated carbocycles. The van der Waals surface area contributed by atoms with Crippen LogP contribution in [0.25, 0.3) is 0 Å². The van der Waals surface area contributed by atoms with Gasteiger partial charge in [0.15, 0.2) is 0 Å². The number of benzene rings is 2. The van der Waals surface area contributed by atoms with Crippen LogP contribution in [0, 0.1) is 0 Å². The van der Waals surface area contributed by atoms with Crippen LogP contribution in [-0.4, -0.2) is 14.2 Å². The number of ether oxygens (including phenoxy) is 1. The molecule has 0 aliphatic heterocycles. The third-order valence-electron chi connectivity index (χ3n) is 3.10. The molecule has 2 rings (SSSR count). The molecule has 0 spiro atoms. The number of hydrogen-bond acceptors (Lipinski definition) is 2. The number of rotatable bonds is 4. The number of nitrogens with one attached hydrogen (secondary N) is 1. The Morgan fingerprint density at radius 2 is 1.80 bits per heavy atom. The Morgan fingerprint density at radius 1 is 1.15 bits per heavy atom. The fourth-order valence-corrected chi connectivity index (χ4v) is 3.31. The van der Waals surface area contributed by atoms with Gasteiger partial charge in [-0.1, -0.05) is 51.3 Å². The van der Waals surface area contributed by atoms with Gasteiger partial charge in [0.05, 0.1) is 13.2 Å². The highest BCUT2D eigenvalue weighted by molar-refractivity contribution is 9.10. The first-order chi connectivity index (χ1) is 9.58. The summed E-state index contributed by atoms with van der Waals surface area (Å²) >= 11 is 16.2. The predicted molar refractivity (Wildman–Crippen MR) is 88.1 cm³/mol. The molecule has 2 nitrogen and oxygen atoms in total. The summed E-state index contributed by atoms with van der Waals surface area (Å²) in [5.41, 5.74) is 1.91. The summed E-state index contributed by atoms with van der Waals surface area (Å²) in [5.74, 6) is 0.792. The van der Waals surface area contributed by atoms with Crippen LogP contribution in [-0.2, 0) is 0 Å². The first-order valence-corrected chi connectivity index (χ1v) is 7.58. The molecule has 1 unspecified atom stereocenters. The lowest BCUT2D eigenvalue weighted by molar-refractivity contribution is 0.414. The maximum atomic E-state index is 6.30. The molecule has 0 saturated heterocycles. The molecular weight excluding hydrogens is 361 g/mol. The highest BCUT2D eigenvalue weighted by Crippen LogP contribution is 2.37. The predicted octanol–water partition coefficient (Wildman–Crippen LogP) is 5.07. The van der Waals surface area contributed by atoms with Gasteiger partial charge in [-0.25, -0.2) is 0 Å². The zero-order valence-electron chi connectivity index (χ0n) is 11.1. The van der Waals surface area contributed by atoms with Gasteiger partial charge in [0.2, 0.25) is 0 Å². The van der Waals surface area contributed by atoms with E-state index in [0.29, 0.717) is 10.0 Å². The molecule has 0 bridgehead atoms. The van der Waals surface area contributed by atoms with Crippen molar-refractivity contribution in [3.63, 3.8) is 0 Å². The second kappa shape index (κ2) is 6.81. The van der Waals surface area contributed by atoms with Crippen LogP contribution in [0.15, 0.2) is 40.9 Å². The third-order valence-corrected chi connectivity index (χ3v) is 4.44. The van der Waals surface area contributed by atoms with Crippen molar-refractivity contribution in [1.29, 1.82) is 0 Å². The van der Waals surface area contributed by atoms with E-state index >= 15 is 0 Å². The van der Waals surface area contributed by atoms with Crippen molar-refractivity contribution in [3.05, 3.63) is 62.0 Å². The minimum atomic E-state index is -0.100.